The molecule has 1 aromatic rings. The predicted molar refractivity (Wildman–Crippen MR) is 67.2 cm³/mol. The molecule has 1 saturated heterocycles. The molecule has 0 unspecified atom stereocenters. The van der Waals surface area contributed by atoms with Gasteiger partial charge in [-0.3, -0.25) is 9.69 Å². The molecule has 0 saturated carbocycles. The minimum absolute atomic E-state index is 0.256. The van der Waals surface area contributed by atoms with E-state index in [2.05, 4.69) is 10.2 Å². The van der Waals surface area contributed by atoms with E-state index >= 15 is 0 Å². The lowest BCUT2D eigenvalue weighted by Gasteiger charge is -2.31. The van der Waals surface area contributed by atoms with Crippen molar-refractivity contribution in [2.45, 2.75) is 18.9 Å². The van der Waals surface area contributed by atoms with E-state index in [0.717, 1.165) is 18.0 Å². The number of hydrogen-bond donors (Lipinski definition) is 1. The van der Waals surface area contributed by atoms with Crippen LogP contribution in [0.15, 0.2) is 17.5 Å². The Hall–Kier alpha value is -0.710. The summed E-state index contributed by atoms with van der Waals surface area (Å²) in [6.45, 7) is 2.61. The lowest BCUT2D eigenvalue weighted by atomic mass is 10.1. The van der Waals surface area contributed by atoms with E-state index < -0.39 is 0 Å². The predicted octanol–water partition coefficient (Wildman–Crippen LogP) is 1.61. The summed E-state index contributed by atoms with van der Waals surface area (Å²) >= 11 is 1.53. The number of hydrogen-bond acceptors (Lipinski definition) is 4. The molecule has 1 aliphatic heterocycles. The number of likely N-dealkylation sites (tertiary alicyclic amines) is 1. The van der Waals surface area contributed by atoms with E-state index in [1.54, 1.807) is 0 Å². The van der Waals surface area contributed by atoms with Gasteiger partial charge in [-0.1, -0.05) is 6.07 Å². The second-order valence-corrected chi connectivity index (χ2v) is 5.21. The number of carbonyl (C=O) groups excluding carboxylic acids is 1. The van der Waals surface area contributed by atoms with Crippen molar-refractivity contribution >= 4 is 17.1 Å². The summed E-state index contributed by atoms with van der Waals surface area (Å²) in [7, 11) is 2.00. The maximum atomic E-state index is 11.9. The Kier molecular flexibility index (Phi) is 4.09. The quantitative estimate of drug-likeness (QED) is 0.809. The fourth-order valence-corrected chi connectivity index (χ4v) is 2.81. The minimum Gasteiger partial charge on any atom is -0.316 e. The first-order valence-corrected chi connectivity index (χ1v) is 6.64. The van der Waals surface area contributed by atoms with Crippen molar-refractivity contribution in [2.75, 3.05) is 26.7 Å². The van der Waals surface area contributed by atoms with Gasteiger partial charge in [-0.05, 0) is 37.9 Å². The summed E-state index contributed by atoms with van der Waals surface area (Å²) in [5.41, 5.74) is 0. The molecule has 3 nitrogen and oxygen atoms in total. The van der Waals surface area contributed by atoms with E-state index in [-0.39, 0.29) is 5.78 Å². The molecule has 16 heavy (non-hydrogen) atoms. The van der Waals surface area contributed by atoms with E-state index in [4.69, 9.17) is 0 Å². The molecule has 1 atom stereocenters. The van der Waals surface area contributed by atoms with Crippen LogP contribution < -0.4 is 5.32 Å². The molecule has 1 aliphatic rings. The van der Waals surface area contributed by atoms with Crippen LogP contribution in [0.3, 0.4) is 0 Å². The van der Waals surface area contributed by atoms with Crippen LogP contribution in [0, 0.1) is 0 Å². The highest BCUT2D eigenvalue weighted by molar-refractivity contribution is 7.12. The zero-order chi connectivity index (χ0) is 11.4. The van der Waals surface area contributed by atoms with Gasteiger partial charge < -0.3 is 5.32 Å². The Morgan fingerprint density at radius 2 is 2.56 bits per heavy atom. The van der Waals surface area contributed by atoms with E-state index in [0.29, 0.717) is 12.6 Å². The van der Waals surface area contributed by atoms with Crippen molar-refractivity contribution in [1.29, 1.82) is 0 Å². The van der Waals surface area contributed by atoms with Crippen molar-refractivity contribution in [3.63, 3.8) is 0 Å². The molecule has 0 spiro atoms. The first-order valence-electron chi connectivity index (χ1n) is 5.76. The molecule has 1 fully saturated rings. The van der Waals surface area contributed by atoms with Gasteiger partial charge >= 0.3 is 0 Å². The molecule has 4 heteroatoms. The summed E-state index contributed by atoms with van der Waals surface area (Å²) in [6.07, 6.45) is 2.41. The monoisotopic (exact) mass is 238 g/mol. The van der Waals surface area contributed by atoms with Gasteiger partial charge in [0, 0.05) is 12.6 Å². The number of carbonyl (C=O) groups is 1. The van der Waals surface area contributed by atoms with Crippen LogP contribution in [-0.2, 0) is 0 Å². The molecule has 1 aromatic heterocycles. The van der Waals surface area contributed by atoms with Gasteiger partial charge in [0.2, 0.25) is 0 Å². The Morgan fingerprint density at radius 3 is 3.25 bits per heavy atom. The van der Waals surface area contributed by atoms with Crippen LogP contribution in [0.1, 0.15) is 22.5 Å². The molecular weight excluding hydrogens is 220 g/mol. The average molecular weight is 238 g/mol. The largest absolute Gasteiger partial charge is 0.316 e. The van der Waals surface area contributed by atoms with E-state index in [1.165, 1.54) is 24.2 Å². The third-order valence-corrected chi connectivity index (χ3v) is 3.99. The second kappa shape index (κ2) is 5.57. The fourth-order valence-electron chi connectivity index (χ4n) is 2.15. The summed E-state index contributed by atoms with van der Waals surface area (Å²) in [4.78, 5) is 15.1. The molecule has 1 N–H and O–H groups in total. The number of rotatable bonds is 4. The number of thiophene rings is 1. The highest BCUT2D eigenvalue weighted by Crippen LogP contribution is 2.13. The Labute approximate surface area is 100 Å². The topological polar surface area (TPSA) is 32.3 Å². The van der Waals surface area contributed by atoms with Gasteiger partial charge in [-0.2, -0.15) is 0 Å². The number of ketones is 1. The average Bonchev–Trinajstić information content (AvgIpc) is 2.83. The van der Waals surface area contributed by atoms with Crippen molar-refractivity contribution in [3.8, 4) is 0 Å². The van der Waals surface area contributed by atoms with Crippen LogP contribution >= 0.6 is 11.3 Å². The van der Waals surface area contributed by atoms with Crippen LogP contribution in [0.25, 0.3) is 0 Å². The zero-order valence-electron chi connectivity index (χ0n) is 9.61. The van der Waals surface area contributed by atoms with Crippen LogP contribution in [0.5, 0.6) is 0 Å². The molecule has 0 aliphatic carbocycles. The molecule has 2 heterocycles. The van der Waals surface area contributed by atoms with Gasteiger partial charge in [0.15, 0.2) is 5.78 Å². The van der Waals surface area contributed by atoms with E-state index in [9.17, 15) is 4.79 Å². The maximum absolute atomic E-state index is 11.9. The minimum atomic E-state index is 0.256. The van der Waals surface area contributed by atoms with Gasteiger partial charge in [0.05, 0.1) is 11.4 Å². The Balaban J connectivity index is 1.87. The molecule has 0 bridgehead atoms. The molecule has 0 radical (unpaired) electrons. The van der Waals surface area contributed by atoms with Crippen molar-refractivity contribution in [2.24, 2.45) is 0 Å². The van der Waals surface area contributed by atoms with E-state index in [1.807, 2.05) is 24.6 Å². The van der Waals surface area contributed by atoms with Crippen LogP contribution in [0.4, 0.5) is 0 Å². The number of Topliss-reactive ketones (excluding diaryl/α,β-unsaturated/α-hetero) is 1. The third kappa shape index (κ3) is 2.90. The van der Waals surface area contributed by atoms with Gasteiger partial charge in [-0.25, -0.2) is 0 Å². The number of piperidine rings is 1. The number of likely N-dealkylation sites (N-methyl/N-ethyl adjacent to an activating group) is 1. The summed E-state index contributed by atoms with van der Waals surface area (Å²) in [6, 6.07) is 4.39. The first-order chi connectivity index (χ1) is 7.79. The smallest absolute Gasteiger partial charge is 0.186 e. The number of nitrogens with zero attached hydrogens (tertiary/aromatic N) is 1. The standard InChI is InChI=1S/C12H18N2OS/c1-13-10-4-2-6-14(8-10)9-11(15)12-5-3-7-16-12/h3,5,7,10,13H,2,4,6,8-9H2,1H3/t10-/m0/s1. The first kappa shape index (κ1) is 11.8. The molecule has 0 amide bonds. The lowest BCUT2D eigenvalue weighted by Crippen LogP contribution is -2.46. The van der Waals surface area contributed by atoms with Crippen LogP contribution in [0.2, 0.25) is 0 Å². The molecular formula is C12H18N2OS. The van der Waals surface area contributed by atoms with Gasteiger partial charge in [0.1, 0.15) is 0 Å². The SMILES string of the molecule is CN[C@H]1CCCN(CC(=O)c2cccs2)C1. The highest BCUT2D eigenvalue weighted by Gasteiger charge is 2.20. The van der Waals surface area contributed by atoms with Gasteiger partial charge in [0.25, 0.3) is 0 Å². The summed E-state index contributed by atoms with van der Waals surface area (Å²) < 4.78 is 0. The fraction of sp³-hybridized carbons (Fsp3) is 0.583. The highest BCUT2D eigenvalue weighted by atomic mass is 32.1. The molecule has 0 aromatic carbocycles. The normalized spacial score (nSPS) is 22.2. The van der Waals surface area contributed by atoms with Crippen molar-refractivity contribution in [1.82, 2.24) is 10.2 Å². The Bertz CT molecular complexity index is 337. The number of nitrogens with one attached hydrogen (secondary N) is 1. The lowest BCUT2D eigenvalue weighted by molar-refractivity contribution is 0.0906. The Morgan fingerprint density at radius 1 is 1.69 bits per heavy atom. The second-order valence-electron chi connectivity index (χ2n) is 4.26. The molecule has 2 rings (SSSR count). The van der Waals surface area contributed by atoms with Crippen LogP contribution in [-0.4, -0.2) is 43.4 Å². The molecule has 88 valence electrons. The van der Waals surface area contributed by atoms with Gasteiger partial charge in [-0.15, -0.1) is 11.3 Å². The summed E-state index contributed by atoms with van der Waals surface area (Å²) in [5, 5.41) is 5.25. The summed E-state index contributed by atoms with van der Waals surface area (Å²) in [5.74, 6) is 0.256. The van der Waals surface area contributed by atoms with Crippen molar-refractivity contribution in [3.05, 3.63) is 22.4 Å². The van der Waals surface area contributed by atoms with Crippen molar-refractivity contribution < 1.29 is 4.79 Å². The maximum Gasteiger partial charge on any atom is 0.186 e. The zero-order valence-corrected chi connectivity index (χ0v) is 10.4. The third-order valence-electron chi connectivity index (χ3n) is 3.08.